The van der Waals surface area contributed by atoms with E-state index in [0.717, 1.165) is 0 Å². The molecule has 2 heterocycles. The van der Waals surface area contributed by atoms with Crippen LogP contribution in [0.4, 0.5) is 0 Å². The first kappa shape index (κ1) is 24.2. The Morgan fingerprint density at radius 2 is 1.38 bits per heavy atom. The summed E-state index contributed by atoms with van der Waals surface area (Å²) >= 11 is 0. The second-order valence-electron chi connectivity index (χ2n) is 11.8. The molecule has 4 aromatic rings. The van der Waals surface area contributed by atoms with E-state index in [1.165, 1.54) is 44.2 Å². The van der Waals surface area contributed by atoms with Gasteiger partial charge in [-0.15, -0.1) is 0 Å². The molecule has 0 fully saturated rings. The zero-order valence-corrected chi connectivity index (χ0v) is 21.8. The SMILES string of the molecule is CC(C)c1c(C(C)(C)C)[nH]c2ccccc12.CC(C)c1cc2[nH]ccc2cc1C(C)(C)C. The van der Waals surface area contributed by atoms with E-state index in [0.29, 0.717) is 11.8 Å². The number of rotatable bonds is 2. The first-order valence-electron chi connectivity index (χ1n) is 12.0. The Bertz CT molecular complexity index is 1180. The Balaban J connectivity index is 0.000000181. The predicted octanol–water partition coefficient (Wildman–Crippen LogP) is 9.18. The van der Waals surface area contributed by atoms with Crippen molar-refractivity contribution in [3.8, 4) is 0 Å². The summed E-state index contributed by atoms with van der Waals surface area (Å²) in [6.45, 7) is 22.7. The van der Waals surface area contributed by atoms with Gasteiger partial charge in [-0.25, -0.2) is 0 Å². The maximum Gasteiger partial charge on any atom is 0.0459 e. The molecule has 172 valence electrons. The Labute approximate surface area is 194 Å². The fraction of sp³-hybridized carbons (Fsp3) is 0.467. The molecule has 2 nitrogen and oxygen atoms in total. The third-order valence-electron chi connectivity index (χ3n) is 6.23. The van der Waals surface area contributed by atoms with E-state index in [4.69, 9.17) is 0 Å². The van der Waals surface area contributed by atoms with Gasteiger partial charge in [0.1, 0.15) is 0 Å². The van der Waals surface area contributed by atoms with E-state index in [9.17, 15) is 0 Å². The van der Waals surface area contributed by atoms with Crippen LogP contribution in [0, 0.1) is 0 Å². The summed E-state index contributed by atoms with van der Waals surface area (Å²) < 4.78 is 0. The van der Waals surface area contributed by atoms with Gasteiger partial charge in [0, 0.05) is 33.7 Å². The number of aromatic nitrogens is 2. The van der Waals surface area contributed by atoms with Crippen LogP contribution in [0.3, 0.4) is 0 Å². The molecule has 0 aliphatic heterocycles. The van der Waals surface area contributed by atoms with Gasteiger partial charge in [0.25, 0.3) is 0 Å². The standard InChI is InChI=1S/2C15H21N/c1-10(2)12-9-14-11(6-7-16-14)8-13(12)15(3,4)5;1-10(2)13-11-8-6-7-9-12(11)16-14(13)15(3,4)5/h2*6-10,16H,1-5H3. The molecule has 0 spiro atoms. The number of para-hydroxylation sites is 1. The number of hydrogen-bond donors (Lipinski definition) is 2. The minimum Gasteiger partial charge on any atom is -0.361 e. The van der Waals surface area contributed by atoms with Crippen molar-refractivity contribution in [2.75, 3.05) is 0 Å². The Morgan fingerprint density at radius 3 is 1.94 bits per heavy atom. The first-order valence-corrected chi connectivity index (χ1v) is 12.0. The Hall–Kier alpha value is -2.48. The largest absolute Gasteiger partial charge is 0.361 e. The number of nitrogens with one attached hydrogen (secondary N) is 2. The summed E-state index contributed by atoms with van der Waals surface area (Å²) in [4.78, 5) is 6.88. The highest BCUT2D eigenvalue weighted by molar-refractivity contribution is 5.85. The zero-order chi connectivity index (χ0) is 23.8. The molecule has 0 unspecified atom stereocenters. The minimum atomic E-state index is 0.179. The van der Waals surface area contributed by atoms with Crippen LogP contribution in [-0.2, 0) is 10.8 Å². The fourth-order valence-electron chi connectivity index (χ4n) is 4.60. The van der Waals surface area contributed by atoms with Gasteiger partial charge in [0.15, 0.2) is 0 Å². The lowest BCUT2D eigenvalue weighted by atomic mass is 9.80. The number of benzene rings is 2. The molecular formula is C30H42N2. The van der Waals surface area contributed by atoms with Crippen molar-refractivity contribution in [1.82, 2.24) is 9.97 Å². The Kier molecular flexibility index (Phi) is 6.65. The molecule has 0 radical (unpaired) electrons. The number of fused-ring (bicyclic) bond motifs is 2. The van der Waals surface area contributed by atoms with Gasteiger partial charge >= 0.3 is 0 Å². The third kappa shape index (κ3) is 4.95. The molecule has 0 aliphatic carbocycles. The quantitative estimate of drug-likeness (QED) is 0.318. The van der Waals surface area contributed by atoms with Crippen LogP contribution in [0.25, 0.3) is 21.8 Å². The molecular weight excluding hydrogens is 388 g/mol. The van der Waals surface area contributed by atoms with Crippen molar-refractivity contribution in [2.24, 2.45) is 0 Å². The van der Waals surface area contributed by atoms with Crippen LogP contribution in [-0.4, -0.2) is 9.97 Å². The molecule has 0 saturated carbocycles. The van der Waals surface area contributed by atoms with Crippen molar-refractivity contribution >= 4 is 21.8 Å². The molecule has 0 atom stereocenters. The van der Waals surface area contributed by atoms with Gasteiger partial charge in [0.2, 0.25) is 0 Å². The van der Waals surface area contributed by atoms with E-state index in [1.54, 1.807) is 0 Å². The van der Waals surface area contributed by atoms with Crippen LogP contribution >= 0.6 is 0 Å². The lowest BCUT2D eigenvalue weighted by Crippen LogP contribution is -2.14. The normalized spacial score (nSPS) is 12.6. The highest BCUT2D eigenvalue weighted by Crippen LogP contribution is 2.36. The summed E-state index contributed by atoms with van der Waals surface area (Å²) in [6.07, 6.45) is 2.02. The van der Waals surface area contributed by atoms with Crippen molar-refractivity contribution in [3.63, 3.8) is 0 Å². The smallest absolute Gasteiger partial charge is 0.0459 e. The fourth-order valence-corrected chi connectivity index (χ4v) is 4.60. The van der Waals surface area contributed by atoms with Gasteiger partial charge in [-0.1, -0.05) is 87.4 Å². The van der Waals surface area contributed by atoms with Gasteiger partial charge in [0.05, 0.1) is 0 Å². The minimum absolute atomic E-state index is 0.179. The molecule has 0 bridgehead atoms. The summed E-state index contributed by atoms with van der Waals surface area (Å²) in [7, 11) is 0. The van der Waals surface area contributed by atoms with Crippen LogP contribution in [0.5, 0.6) is 0 Å². The molecule has 2 aromatic carbocycles. The van der Waals surface area contributed by atoms with E-state index in [-0.39, 0.29) is 10.8 Å². The molecule has 32 heavy (non-hydrogen) atoms. The summed E-state index contributed by atoms with van der Waals surface area (Å²) in [5.74, 6) is 1.13. The zero-order valence-electron chi connectivity index (χ0n) is 21.8. The highest BCUT2D eigenvalue weighted by Gasteiger charge is 2.23. The molecule has 0 aliphatic rings. The average Bonchev–Trinajstić information content (AvgIpc) is 3.30. The van der Waals surface area contributed by atoms with Crippen LogP contribution in [0.1, 0.15) is 103 Å². The second-order valence-corrected chi connectivity index (χ2v) is 11.8. The van der Waals surface area contributed by atoms with Gasteiger partial charge in [-0.05, 0) is 63.6 Å². The first-order chi connectivity index (χ1) is 14.8. The lowest BCUT2D eigenvalue weighted by molar-refractivity contribution is 0.562. The van der Waals surface area contributed by atoms with E-state index in [2.05, 4.69) is 122 Å². The van der Waals surface area contributed by atoms with E-state index in [1.807, 2.05) is 6.20 Å². The predicted molar refractivity (Wildman–Crippen MR) is 142 cm³/mol. The van der Waals surface area contributed by atoms with Crippen LogP contribution in [0.15, 0.2) is 48.7 Å². The summed E-state index contributed by atoms with van der Waals surface area (Å²) in [5, 5.41) is 2.69. The topological polar surface area (TPSA) is 31.6 Å². The second kappa shape index (κ2) is 8.81. The molecule has 2 heteroatoms. The molecule has 0 amide bonds. The number of H-pyrrole nitrogens is 2. The maximum absolute atomic E-state index is 3.59. The molecule has 2 aromatic heterocycles. The van der Waals surface area contributed by atoms with Crippen molar-refractivity contribution in [2.45, 2.75) is 91.9 Å². The summed E-state index contributed by atoms with van der Waals surface area (Å²) in [6, 6.07) is 15.4. The maximum atomic E-state index is 3.59. The third-order valence-corrected chi connectivity index (χ3v) is 6.23. The van der Waals surface area contributed by atoms with E-state index >= 15 is 0 Å². The highest BCUT2D eigenvalue weighted by atomic mass is 14.7. The van der Waals surface area contributed by atoms with E-state index < -0.39 is 0 Å². The number of aromatic amines is 2. The monoisotopic (exact) mass is 430 g/mol. The lowest BCUT2D eigenvalue weighted by Gasteiger charge is -2.25. The summed E-state index contributed by atoms with van der Waals surface area (Å²) in [5.41, 5.74) is 8.68. The van der Waals surface area contributed by atoms with Crippen LogP contribution in [0.2, 0.25) is 0 Å². The molecule has 4 rings (SSSR count). The molecule has 0 saturated heterocycles. The van der Waals surface area contributed by atoms with Crippen LogP contribution < -0.4 is 0 Å². The average molecular weight is 431 g/mol. The van der Waals surface area contributed by atoms with Gasteiger partial charge < -0.3 is 9.97 Å². The Morgan fingerprint density at radius 1 is 0.719 bits per heavy atom. The van der Waals surface area contributed by atoms with Crippen molar-refractivity contribution in [1.29, 1.82) is 0 Å². The van der Waals surface area contributed by atoms with Crippen molar-refractivity contribution in [3.05, 3.63) is 71.0 Å². The number of hydrogen-bond acceptors (Lipinski definition) is 0. The van der Waals surface area contributed by atoms with Gasteiger partial charge in [-0.3, -0.25) is 0 Å². The van der Waals surface area contributed by atoms with Gasteiger partial charge in [-0.2, -0.15) is 0 Å². The molecule has 2 N–H and O–H groups in total. The van der Waals surface area contributed by atoms with Crippen molar-refractivity contribution < 1.29 is 0 Å².